The summed E-state index contributed by atoms with van der Waals surface area (Å²) in [5.74, 6) is -1.24. The first-order chi connectivity index (χ1) is 28.1. The predicted molar refractivity (Wildman–Crippen MR) is 218 cm³/mol. The Balaban J connectivity index is 0.713. The highest BCUT2D eigenvalue weighted by molar-refractivity contribution is 6.33. The highest BCUT2D eigenvalue weighted by atomic mass is 35.5. The standard InChI is InChI=1S/C44H46ClN7O6/c1-46-37-9-7-33(25-36(37)45)58-32-12-16-51(17-13-32)41(55)28-2-4-29(5-3-28)49-20-22-50(23-21-49)31-26-44(27-31)14-18-48(19-15-44)30-6-8-34-35(24-30)43(57)52(42(34)56)38-10-11-39(53)47-40(38)54/h2-9,24-25,31-32,38H,10-23,26-27H2,(H,47,53,54). The minimum atomic E-state index is -0.964. The van der Waals surface area contributed by atoms with Crippen LogP contribution in [-0.2, 0) is 9.59 Å². The molecule has 0 radical (unpaired) electrons. The van der Waals surface area contributed by atoms with Crippen molar-refractivity contribution in [3.63, 3.8) is 0 Å². The van der Waals surface area contributed by atoms with Gasteiger partial charge in [-0.15, -0.1) is 0 Å². The topological polar surface area (TPSA) is 127 Å². The van der Waals surface area contributed by atoms with E-state index in [1.165, 1.54) is 12.8 Å². The van der Waals surface area contributed by atoms with Gasteiger partial charge in [0.2, 0.25) is 17.5 Å². The minimum Gasteiger partial charge on any atom is -0.490 e. The number of piperazine rings is 1. The molecular formula is C44H46ClN7O6. The molecule has 0 aromatic heterocycles. The van der Waals surface area contributed by atoms with Crippen LogP contribution in [0.5, 0.6) is 5.75 Å². The first kappa shape index (κ1) is 38.1. The molecule has 1 atom stereocenters. The van der Waals surface area contributed by atoms with Crippen LogP contribution in [0.15, 0.2) is 60.7 Å². The number of carbonyl (C=O) groups is 5. The lowest BCUT2D eigenvalue weighted by atomic mass is 9.60. The summed E-state index contributed by atoms with van der Waals surface area (Å²) < 4.78 is 6.10. The highest BCUT2D eigenvalue weighted by Gasteiger charge is 2.49. The van der Waals surface area contributed by atoms with Gasteiger partial charge in [-0.25, -0.2) is 4.85 Å². The van der Waals surface area contributed by atoms with Gasteiger partial charge in [0.15, 0.2) is 0 Å². The number of nitrogens with one attached hydrogen (secondary N) is 1. The fourth-order valence-corrected chi connectivity index (χ4v) is 10.1. The van der Waals surface area contributed by atoms with Gasteiger partial charge < -0.3 is 19.4 Å². The van der Waals surface area contributed by atoms with Crippen molar-refractivity contribution >= 4 is 58.2 Å². The molecule has 1 aliphatic carbocycles. The third-order valence-electron chi connectivity index (χ3n) is 13.3. The first-order valence-electron chi connectivity index (χ1n) is 20.4. The number of ether oxygens (including phenoxy) is 1. The van der Waals surface area contributed by atoms with E-state index in [2.05, 4.69) is 37.0 Å². The third kappa shape index (κ3) is 7.17. The van der Waals surface area contributed by atoms with E-state index in [0.717, 1.165) is 81.2 Å². The zero-order valence-corrected chi connectivity index (χ0v) is 33.1. The Morgan fingerprint density at radius 1 is 0.776 bits per heavy atom. The molecule has 14 heteroatoms. The van der Waals surface area contributed by atoms with E-state index in [1.807, 2.05) is 23.1 Å². The molecule has 6 aliphatic rings. The number of rotatable bonds is 7. The molecule has 5 aliphatic heterocycles. The predicted octanol–water partition coefficient (Wildman–Crippen LogP) is 5.55. The third-order valence-corrected chi connectivity index (χ3v) is 13.6. The molecule has 0 bridgehead atoms. The summed E-state index contributed by atoms with van der Waals surface area (Å²) >= 11 is 6.17. The van der Waals surface area contributed by atoms with E-state index < -0.39 is 23.8 Å². The smallest absolute Gasteiger partial charge is 0.262 e. The zero-order chi connectivity index (χ0) is 40.1. The summed E-state index contributed by atoms with van der Waals surface area (Å²) in [4.78, 5) is 77.6. The lowest BCUT2D eigenvalue weighted by molar-refractivity contribution is -0.136. The molecule has 5 heterocycles. The molecular weight excluding hydrogens is 758 g/mol. The van der Waals surface area contributed by atoms with Gasteiger partial charge in [-0.1, -0.05) is 17.7 Å². The second-order valence-corrected chi connectivity index (χ2v) is 17.0. The second-order valence-electron chi connectivity index (χ2n) is 16.6. The first-order valence-corrected chi connectivity index (χ1v) is 20.8. The zero-order valence-electron chi connectivity index (χ0n) is 32.3. The van der Waals surface area contributed by atoms with Crippen LogP contribution < -0.4 is 19.9 Å². The van der Waals surface area contributed by atoms with E-state index >= 15 is 0 Å². The maximum absolute atomic E-state index is 13.4. The van der Waals surface area contributed by atoms with Gasteiger partial charge in [-0.3, -0.25) is 39.1 Å². The number of imide groups is 2. The van der Waals surface area contributed by atoms with E-state index in [-0.39, 0.29) is 30.8 Å². The van der Waals surface area contributed by atoms with Gasteiger partial charge in [-0.2, -0.15) is 0 Å². The molecule has 4 saturated heterocycles. The Kier molecular flexibility index (Phi) is 10.1. The number of hydrogen-bond acceptors (Lipinski definition) is 9. The van der Waals surface area contributed by atoms with Crippen LogP contribution in [0.3, 0.4) is 0 Å². The number of anilines is 2. The molecule has 3 aromatic carbocycles. The summed E-state index contributed by atoms with van der Waals surface area (Å²) in [5.41, 5.74) is 4.15. The van der Waals surface area contributed by atoms with Crippen molar-refractivity contribution in [1.82, 2.24) is 20.0 Å². The highest BCUT2D eigenvalue weighted by Crippen LogP contribution is 2.51. The van der Waals surface area contributed by atoms with Gasteiger partial charge in [-0.05, 0) is 92.1 Å². The number of piperidine rings is 3. The van der Waals surface area contributed by atoms with E-state index in [1.54, 1.807) is 30.3 Å². The normalized spacial score (nSPS) is 22.8. The van der Waals surface area contributed by atoms with E-state index in [4.69, 9.17) is 22.9 Å². The molecule has 5 amide bonds. The van der Waals surface area contributed by atoms with E-state index in [0.29, 0.717) is 57.7 Å². The number of carbonyl (C=O) groups excluding carboxylic acids is 5. The Morgan fingerprint density at radius 3 is 2.12 bits per heavy atom. The lowest BCUT2D eigenvalue weighted by Gasteiger charge is -2.56. The number of benzene rings is 3. The van der Waals surface area contributed by atoms with Crippen LogP contribution in [0.2, 0.25) is 5.02 Å². The maximum Gasteiger partial charge on any atom is 0.262 e. The van der Waals surface area contributed by atoms with Gasteiger partial charge in [0.05, 0.1) is 22.7 Å². The van der Waals surface area contributed by atoms with Crippen molar-refractivity contribution in [2.24, 2.45) is 5.41 Å². The average Bonchev–Trinajstić information content (AvgIpc) is 3.48. The number of fused-ring (bicyclic) bond motifs is 1. The fraction of sp³-hybridized carbons (Fsp3) is 0.455. The van der Waals surface area contributed by atoms with Gasteiger partial charge in [0.25, 0.3) is 17.7 Å². The Morgan fingerprint density at radius 2 is 1.45 bits per heavy atom. The van der Waals surface area contributed by atoms with Crippen LogP contribution in [0.25, 0.3) is 4.85 Å². The number of halogens is 1. The van der Waals surface area contributed by atoms with Crippen molar-refractivity contribution in [3.05, 3.63) is 93.8 Å². The Labute approximate surface area is 342 Å². The molecule has 1 saturated carbocycles. The minimum absolute atomic E-state index is 0.00682. The SMILES string of the molecule is [C-]#[N+]c1ccc(OC2CCN(C(=O)c3ccc(N4CCN(C5CC6(CCN(c7ccc8c(c7)C(=O)N(C7CCC(=O)NC7=O)C8=O)CC6)C5)CC4)cc3)CC2)cc1Cl. The molecule has 1 unspecified atom stereocenters. The van der Waals surface area contributed by atoms with Gasteiger partial charge in [0.1, 0.15) is 17.9 Å². The molecule has 58 heavy (non-hydrogen) atoms. The van der Waals surface area contributed by atoms with E-state index in [9.17, 15) is 24.0 Å². The van der Waals surface area contributed by atoms with Crippen molar-refractivity contribution in [2.75, 3.05) is 62.2 Å². The van der Waals surface area contributed by atoms with Crippen LogP contribution >= 0.6 is 11.6 Å². The quantitative estimate of drug-likeness (QED) is 0.242. The molecule has 1 spiro atoms. The molecule has 13 nitrogen and oxygen atoms in total. The summed E-state index contributed by atoms with van der Waals surface area (Å²) in [5, 5.41) is 2.64. The van der Waals surface area contributed by atoms with Crippen molar-refractivity contribution < 1.29 is 28.7 Å². The molecule has 3 aromatic rings. The van der Waals surface area contributed by atoms with Gasteiger partial charge in [0, 0.05) is 94.6 Å². The number of amides is 5. The van der Waals surface area contributed by atoms with Crippen LogP contribution in [0.4, 0.5) is 17.1 Å². The fourth-order valence-electron chi connectivity index (χ4n) is 9.86. The number of likely N-dealkylation sites (tertiary alicyclic amines) is 1. The van der Waals surface area contributed by atoms with Crippen molar-refractivity contribution in [1.29, 1.82) is 0 Å². The van der Waals surface area contributed by atoms with Crippen molar-refractivity contribution in [3.8, 4) is 5.75 Å². The second kappa shape index (κ2) is 15.4. The van der Waals surface area contributed by atoms with Crippen LogP contribution in [-0.4, -0.2) is 115 Å². The molecule has 9 rings (SSSR count). The lowest BCUT2D eigenvalue weighted by Crippen LogP contribution is -2.59. The Hall–Kier alpha value is -5.45. The number of hydrogen-bond donors (Lipinski definition) is 1. The van der Waals surface area contributed by atoms with Gasteiger partial charge >= 0.3 is 0 Å². The molecule has 5 fully saturated rings. The summed E-state index contributed by atoms with van der Waals surface area (Å²) in [7, 11) is 0. The largest absolute Gasteiger partial charge is 0.490 e. The molecule has 300 valence electrons. The Bertz CT molecular complexity index is 2190. The summed E-state index contributed by atoms with van der Waals surface area (Å²) in [6.07, 6.45) is 6.27. The summed E-state index contributed by atoms with van der Waals surface area (Å²) in [6, 6.07) is 18.2. The monoisotopic (exact) mass is 803 g/mol. The summed E-state index contributed by atoms with van der Waals surface area (Å²) in [6.45, 7) is 14.1. The van der Waals surface area contributed by atoms with Crippen molar-refractivity contribution in [2.45, 2.75) is 69.6 Å². The number of nitrogens with zero attached hydrogens (tertiary/aromatic N) is 6. The van der Waals surface area contributed by atoms with Crippen LogP contribution in [0, 0.1) is 12.0 Å². The molecule has 1 N–H and O–H groups in total. The average molecular weight is 804 g/mol. The van der Waals surface area contributed by atoms with Crippen LogP contribution in [0.1, 0.15) is 82.4 Å². The maximum atomic E-state index is 13.4.